The monoisotopic (exact) mass is 232 g/mol. The molecule has 1 aliphatic rings. The van der Waals surface area contributed by atoms with Crippen LogP contribution < -0.4 is 5.43 Å². The van der Waals surface area contributed by atoms with Crippen LogP contribution in [0.2, 0.25) is 0 Å². The summed E-state index contributed by atoms with van der Waals surface area (Å²) in [7, 11) is 0. The van der Waals surface area contributed by atoms with Gasteiger partial charge in [-0.05, 0) is 37.8 Å². The van der Waals surface area contributed by atoms with E-state index in [9.17, 15) is 4.79 Å². The third kappa shape index (κ3) is 2.86. The molecular weight excluding hydrogens is 212 g/mol. The second-order valence-electron chi connectivity index (χ2n) is 4.86. The first kappa shape index (κ1) is 12.1. The van der Waals surface area contributed by atoms with E-state index < -0.39 is 0 Å². The fourth-order valence-corrected chi connectivity index (χ4v) is 2.28. The number of hydrogen-bond acceptors (Lipinski definition) is 2. The molecule has 3 heteroatoms. The van der Waals surface area contributed by atoms with Gasteiger partial charge in [0.1, 0.15) is 0 Å². The van der Waals surface area contributed by atoms with Crippen molar-refractivity contribution in [3.05, 3.63) is 35.9 Å². The van der Waals surface area contributed by atoms with Gasteiger partial charge >= 0.3 is 0 Å². The van der Waals surface area contributed by atoms with E-state index >= 15 is 0 Å². The molecule has 92 valence electrons. The van der Waals surface area contributed by atoms with Gasteiger partial charge in [0, 0.05) is 18.2 Å². The fraction of sp³-hybridized carbons (Fsp3) is 0.500. The molecule has 0 bridgehead atoms. The summed E-state index contributed by atoms with van der Waals surface area (Å²) in [5.74, 6) is 0.631. The van der Waals surface area contributed by atoms with E-state index in [0.29, 0.717) is 12.0 Å². The Morgan fingerprint density at radius 1 is 1.29 bits per heavy atom. The van der Waals surface area contributed by atoms with Crippen LogP contribution in [0.25, 0.3) is 0 Å². The number of carbonyl (C=O) groups excluding carboxylic acids is 1. The first-order valence-electron chi connectivity index (χ1n) is 6.31. The van der Waals surface area contributed by atoms with Gasteiger partial charge in [-0.15, -0.1) is 0 Å². The van der Waals surface area contributed by atoms with Crippen LogP contribution in [0.1, 0.15) is 37.0 Å². The van der Waals surface area contributed by atoms with Gasteiger partial charge in [-0.3, -0.25) is 10.2 Å². The van der Waals surface area contributed by atoms with Crippen LogP contribution in [-0.4, -0.2) is 23.5 Å². The van der Waals surface area contributed by atoms with E-state index in [1.54, 1.807) is 0 Å². The molecule has 1 fully saturated rings. The van der Waals surface area contributed by atoms with Crippen LogP contribution >= 0.6 is 0 Å². The standard InChI is InChI=1S/C14H20N2O/c1-11-7-6-10-16(12(11)2)15-14(17)13-8-4-3-5-9-13/h3-5,8-9,11-12H,6-7,10H2,1-2H3,(H,15,17). The summed E-state index contributed by atoms with van der Waals surface area (Å²) >= 11 is 0. The van der Waals surface area contributed by atoms with Gasteiger partial charge in [-0.25, -0.2) is 5.01 Å². The molecule has 1 aromatic carbocycles. The number of amides is 1. The van der Waals surface area contributed by atoms with Gasteiger partial charge in [0.25, 0.3) is 5.91 Å². The van der Waals surface area contributed by atoms with Gasteiger partial charge in [0.15, 0.2) is 0 Å². The minimum absolute atomic E-state index is 0.00782. The third-order valence-corrected chi connectivity index (χ3v) is 3.65. The van der Waals surface area contributed by atoms with Gasteiger partial charge in [0.05, 0.1) is 0 Å². The van der Waals surface area contributed by atoms with Gasteiger partial charge in [-0.1, -0.05) is 25.1 Å². The van der Waals surface area contributed by atoms with Crippen molar-refractivity contribution in [3.63, 3.8) is 0 Å². The molecule has 1 aliphatic heterocycles. The second-order valence-corrected chi connectivity index (χ2v) is 4.86. The van der Waals surface area contributed by atoms with E-state index in [1.165, 1.54) is 6.42 Å². The summed E-state index contributed by atoms with van der Waals surface area (Å²) < 4.78 is 0. The van der Waals surface area contributed by atoms with E-state index in [1.807, 2.05) is 30.3 Å². The average molecular weight is 232 g/mol. The molecule has 17 heavy (non-hydrogen) atoms. The number of nitrogens with zero attached hydrogens (tertiary/aromatic N) is 1. The SMILES string of the molecule is CC1CCCN(NC(=O)c2ccccc2)C1C. The van der Waals surface area contributed by atoms with Crippen LogP contribution in [0.3, 0.4) is 0 Å². The van der Waals surface area contributed by atoms with Crippen molar-refractivity contribution >= 4 is 5.91 Å². The minimum Gasteiger partial charge on any atom is -0.285 e. The lowest BCUT2D eigenvalue weighted by molar-refractivity contribution is 0.0459. The van der Waals surface area contributed by atoms with E-state index in [-0.39, 0.29) is 5.91 Å². The first-order chi connectivity index (χ1) is 8.18. The molecule has 1 amide bonds. The Bertz CT molecular complexity index is 377. The van der Waals surface area contributed by atoms with Crippen molar-refractivity contribution in [1.29, 1.82) is 0 Å². The predicted molar refractivity (Wildman–Crippen MR) is 68.5 cm³/mol. The van der Waals surface area contributed by atoms with Gasteiger partial charge in [0.2, 0.25) is 0 Å². The highest BCUT2D eigenvalue weighted by Gasteiger charge is 2.25. The van der Waals surface area contributed by atoms with E-state index in [4.69, 9.17) is 0 Å². The summed E-state index contributed by atoms with van der Waals surface area (Å²) in [4.78, 5) is 12.0. The molecule has 1 aromatic rings. The van der Waals surface area contributed by atoms with Crippen molar-refractivity contribution in [2.75, 3.05) is 6.54 Å². The van der Waals surface area contributed by atoms with Gasteiger partial charge in [-0.2, -0.15) is 0 Å². The predicted octanol–water partition coefficient (Wildman–Crippen LogP) is 2.45. The summed E-state index contributed by atoms with van der Waals surface area (Å²) in [5.41, 5.74) is 3.73. The Hall–Kier alpha value is -1.35. The zero-order valence-corrected chi connectivity index (χ0v) is 10.5. The molecule has 1 N–H and O–H groups in total. The Balaban J connectivity index is 1.99. The molecule has 2 atom stereocenters. The maximum absolute atomic E-state index is 12.0. The zero-order chi connectivity index (χ0) is 12.3. The highest BCUT2D eigenvalue weighted by molar-refractivity contribution is 5.93. The zero-order valence-electron chi connectivity index (χ0n) is 10.5. The largest absolute Gasteiger partial charge is 0.285 e. The molecule has 1 heterocycles. The second kappa shape index (κ2) is 5.32. The van der Waals surface area contributed by atoms with Crippen molar-refractivity contribution in [1.82, 2.24) is 10.4 Å². The average Bonchev–Trinajstić information content (AvgIpc) is 2.36. The van der Waals surface area contributed by atoms with Crippen molar-refractivity contribution in [3.8, 4) is 0 Å². The maximum Gasteiger partial charge on any atom is 0.265 e. The fourth-order valence-electron chi connectivity index (χ4n) is 2.28. The Kier molecular flexibility index (Phi) is 3.79. The van der Waals surface area contributed by atoms with Crippen LogP contribution in [0.15, 0.2) is 30.3 Å². The van der Waals surface area contributed by atoms with Crippen LogP contribution in [-0.2, 0) is 0 Å². The van der Waals surface area contributed by atoms with E-state index in [0.717, 1.165) is 18.5 Å². The van der Waals surface area contributed by atoms with Gasteiger partial charge < -0.3 is 0 Å². The molecule has 0 aliphatic carbocycles. The number of benzene rings is 1. The van der Waals surface area contributed by atoms with Crippen LogP contribution in [0, 0.1) is 5.92 Å². The molecular formula is C14H20N2O. The summed E-state index contributed by atoms with van der Waals surface area (Å²) in [6.07, 6.45) is 2.40. The molecule has 1 saturated heterocycles. The topological polar surface area (TPSA) is 32.3 Å². The number of hydrogen-bond donors (Lipinski definition) is 1. The smallest absolute Gasteiger partial charge is 0.265 e. The normalized spacial score (nSPS) is 25.5. The lowest BCUT2D eigenvalue weighted by atomic mass is 9.93. The van der Waals surface area contributed by atoms with Crippen molar-refractivity contribution < 1.29 is 4.79 Å². The molecule has 2 rings (SSSR count). The Morgan fingerprint density at radius 2 is 2.00 bits per heavy atom. The molecule has 0 saturated carbocycles. The lowest BCUT2D eigenvalue weighted by Crippen LogP contribution is -2.52. The molecule has 0 spiro atoms. The molecule has 3 nitrogen and oxygen atoms in total. The number of rotatable bonds is 2. The van der Waals surface area contributed by atoms with Crippen molar-refractivity contribution in [2.45, 2.75) is 32.7 Å². The third-order valence-electron chi connectivity index (χ3n) is 3.65. The maximum atomic E-state index is 12.0. The minimum atomic E-state index is -0.00782. The van der Waals surface area contributed by atoms with E-state index in [2.05, 4.69) is 24.3 Å². The highest BCUT2D eigenvalue weighted by atomic mass is 16.2. The molecule has 0 aromatic heterocycles. The summed E-state index contributed by atoms with van der Waals surface area (Å²) in [6, 6.07) is 9.79. The highest BCUT2D eigenvalue weighted by Crippen LogP contribution is 2.21. The molecule has 0 radical (unpaired) electrons. The molecule has 2 unspecified atom stereocenters. The summed E-state index contributed by atoms with van der Waals surface area (Å²) in [5, 5.41) is 2.07. The number of piperidine rings is 1. The number of hydrazine groups is 1. The Labute approximate surface area is 103 Å². The first-order valence-corrected chi connectivity index (χ1v) is 6.31. The van der Waals surface area contributed by atoms with Crippen molar-refractivity contribution in [2.24, 2.45) is 5.92 Å². The van der Waals surface area contributed by atoms with Crippen LogP contribution in [0.4, 0.5) is 0 Å². The quantitative estimate of drug-likeness (QED) is 0.849. The number of nitrogens with one attached hydrogen (secondary N) is 1. The van der Waals surface area contributed by atoms with Crippen LogP contribution in [0.5, 0.6) is 0 Å². The number of carbonyl (C=O) groups is 1. The summed E-state index contributed by atoms with van der Waals surface area (Å²) in [6.45, 7) is 5.37. The Morgan fingerprint density at radius 3 is 2.71 bits per heavy atom. The lowest BCUT2D eigenvalue weighted by Gasteiger charge is -2.37.